The van der Waals surface area contributed by atoms with Gasteiger partial charge in [-0.25, -0.2) is 0 Å². The molecule has 1 aliphatic carbocycles. The normalized spacial score (nSPS) is 33.5. The highest BCUT2D eigenvalue weighted by molar-refractivity contribution is 8.20. The molecular formula is C18H24N2OS3. The monoisotopic (exact) mass is 380 g/mol. The van der Waals surface area contributed by atoms with E-state index >= 15 is 0 Å². The molecule has 3 nitrogen and oxygen atoms in total. The Morgan fingerprint density at radius 1 is 1.04 bits per heavy atom. The summed E-state index contributed by atoms with van der Waals surface area (Å²) in [6.45, 7) is 0. The van der Waals surface area contributed by atoms with Gasteiger partial charge < -0.3 is 15.4 Å². The molecule has 1 aromatic rings. The van der Waals surface area contributed by atoms with Crippen molar-refractivity contribution in [3.8, 4) is 5.75 Å². The Bertz CT molecular complexity index is 588. The summed E-state index contributed by atoms with van der Waals surface area (Å²) in [5.41, 5.74) is 1.32. The fourth-order valence-electron chi connectivity index (χ4n) is 4.37. The van der Waals surface area contributed by atoms with E-state index in [1.807, 2.05) is 0 Å². The molecule has 2 saturated heterocycles. The second-order valence-corrected chi connectivity index (χ2v) is 9.97. The molecule has 0 radical (unpaired) electrons. The van der Waals surface area contributed by atoms with Gasteiger partial charge in [-0.3, -0.25) is 0 Å². The molecule has 1 saturated carbocycles. The van der Waals surface area contributed by atoms with Crippen molar-refractivity contribution in [2.45, 2.75) is 35.9 Å². The van der Waals surface area contributed by atoms with Crippen LogP contribution in [0.5, 0.6) is 5.75 Å². The van der Waals surface area contributed by atoms with Crippen molar-refractivity contribution in [3.63, 3.8) is 0 Å². The predicted molar refractivity (Wildman–Crippen MR) is 108 cm³/mol. The van der Waals surface area contributed by atoms with Crippen LogP contribution in [0.25, 0.3) is 0 Å². The van der Waals surface area contributed by atoms with E-state index < -0.39 is 0 Å². The fraction of sp³-hybridized carbons (Fsp3) is 0.611. The van der Waals surface area contributed by atoms with Gasteiger partial charge >= 0.3 is 0 Å². The van der Waals surface area contributed by atoms with E-state index in [1.165, 1.54) is 36.3 Å². The third-order valence-corrected chi connectivity index (χ3v) is 9.03. The first kappa shape index (κ1) is 16.9. The minimum Gasteiger partial charge on any atom is -0.497 e. The average Bonchev–Trinajstić information content (AvgIpc) is 3.15. The molecule has 2 heterocycles. The summed E-state index contributed by atoms with van der Waals surface area (Å²) in [6.07, 6.45) is 3.92. The van der Waals surface area contributed by atoms with Gasteiger partial charge in [-0.1, -0.05) is 18.6 Å². The van der Waals surface area contributed by atoms with Gasteiger partial charge in [0, 0.05) is 29.4 Å². The molecule has 2 aliphatic heterocycles. The summed E-state index contributed by atoms with van der Waals surface area (Å²) in [4.78, 5) is 0. The van der Waals surface area contributed by atoms with Crippen molar-refractivity contribution in [2.75, 3.05) is 18.6 Å². The number of hydrogen-bond acceptors (Lipinski definition) is 4. The van der Waals surface area contributed by atoms with Crippen molar-refractivity contribution in [3.05, 3.63) is 29.8 Å². The van der Waals surface area contributed by atoms with E-state index in [4.69, 9.17) is 17.0 Å². The van der Waals surface area contributed by atoms with E-state index in [9.17, 15) is 0 Å². The molecule has 0 aromatic heterocycles. The van der Waals surface area contributed by atoms with Crippen LogP contribution in [0.15, 0.2) is 24.3 Å². The molecular weight excluding hydrogens is 356 g/mol. The molecule has 0 amide bonds. The molecule has 3 fully saturated rings. The molecule has 130 valence electrons. The number of methoxy groups -OCH3 is 1. The van der Waals surface area contributed by atoms with E-state index in [-0.39, 0.29) is 0 Å². The van der Waals surface area contributed by atoms with Gasteiger partial charge in [0.15, 0.2) is 5.11 Å². The lowest BCUT2D eigenvalue weighted by atomic mass is 9.71. The SMILES string of the molecule is COc1ccc([C@@H]2NC(=S)N[C@H]3[C@H]2CCC[C@@H]3C2SCCS2)cc1. The molecule has 0 spiro atoms. The van der Waals surface area contributed by atoms with Crippen LogP contribution in [0.2, 0.25) is 0 Å². The predicted octanol–water partition coefficient (Wildman–Crippen LogP) is 3.81. The van der Waals surface area contributed by atoms with Crippen molar-refractivity contribution >= 4 is 40.9 Å². The fourth-order valence-corrected chi connectivity index (χ4v) is 7.93. The first-order valence-electron chi connectivity index (χ1n) is 8.70. The van der Waals surface area contributed by atoms with Gasteiger partial charge in [-0.05, 0) is 42.8 Å². The third-order valence-electron chi connectivity index (χ3n) is 5.48. The summed E-state index contributed by atoms with van der Waals surface area (Å²) >= 11 is 9.87. The van der Waals surface area contributed by atoms with E-state index in [1.54, 1.807) is 7.11 Å². The van der Waals surface area contributed by atoms with Gasteiger partial charge in [-0.15, -0.1) is 23.5 Å². The number of ether oxygens (including phenoxy) is 1. The molecule has 24 heavy (non-hydrogen) atoms. The summed E-state index contributed by atoms with van der Waals surface area (Å²) in [5, 5.41) is 8.00. The highest BCUT2D eigenvalue weighted by Crippen LogP contribution is 2.48. The molecule has 1 aromatic carbocycles. The van der Waals surface area contributed by atoms with Gasteiger partial charge in [-0.2, -0.15) is 0 Å². The minimum absolute atomic E-state index is 0.314. The maximum Gasteiger partial charge on any atom is 0.167 e. The minimum atomic E-state index is 0.314. The maximum atomic E-state index is 5.57. The molecule has 0 bridgehead atoms. The Labute approximate surface area is 158 Å². The summed E-state index contributed by atoms with van der Waals surface area (Å²) in [6, 6.07) is 9.30. The number of thioether (sulfide) groups is 2. The second-order valence-electron chi connectivity index (χ2n) is 6.76. The number of benzene rings is 1. The van der Waals surface area contributed by atoms with Crippen molar-refractivity contribution in [1.82, 2.24) is 10.6 Å². The van der Waals surface area contributed by atoms with Crippen LogP contribution < -0.4 is 15.4 Å². The zero-order valence-corrected chi connectivity index (χ0v) is 16.3. The lowest BCUT2D eigenvalue weighted by molar-refractivity contribution is 0.161. The summed E-state index contributed by atoms with van der Waals surface area (Å²) in [5.74, 6) is 4.83. The Morgan fingerprint density at radius 2 is 1.75 bits per heavy atom. The van der Waals surface area contributed by atoms with E-state index in [0.717, 1.165) is 21.4 Å². The Balaban J connectivity index is 1.59. The largest absolute Gasteiger partial charge is 0.497 e. The third kappa shape index (κ3) is 3.25. The van der Waals surface area contributed by atoms with Crippen LogP contribution in [0.3, 0.4) is 0 Å². The van der Waals surface area contributed by atoms with Gasteiger partial charge in [0.2, 0.25) is 0 Å². The van der Waals surface area contributed by atoms with E-state index in [0.29, 0.717) is 18.0 Å². The van der Waals surface area contributed by atoms with Crippen molar-refractivity contribution in [2.24, 2.45) is 11.8 Å². The zero-order valence-electron chi connectivity index (χ0n) is 13.9. The first-order valence-corrected chi connectivity index (χ1v) is 11.2. The molecule has 4 rings (SSSR count). The lowest BCUT2D eigenvalue weighted by Crippen LogP contribution is -2.61. The van der Waals surface area contributed by atoms with Crippen LogP contribution in [0, 0.1) is 11.8 Å². The average molecular weight is 381 g/mol. The van der Waals surface area contributed by atoms with Crippen molar-refractivity contribution < 1.29 is 4.74 Å². The Hall–Kier alpha value is -0.590. The standard InChI is InChI=1S/C18H24N2OS3/c1-21-12-7-5-11(6-8-12)15-13-3-2-4-14(17-23-9-10-24-17)16(13)20-18(22)19-15/h5-8,13-17H,2-4,9-10H2,1H3,(H2,19,20,22)/t13-,14-,15-,16-/m0/s1. The van der Waals surface area contributed by atoms with Gasteiger partial charge in [0.05, 0.1) is 17.7 Å². The number of hydrogen-bond donors (Lipinski definition) is 2. The van der Waals surface area contributed by atoms with Crippen LogP contribution >= 0.6 is 35.7 Å². The molecule has 6 heteroatoms. The summed E-state index contributed by atoms with van der Waals surface area (Å²) in [7, 11) is 1.71. The van der Waals surface area contributed by atoms with Gasteiger partial charge in [0.25, 0.3) is 0 Å². The van der Waals surface area contributed by atoms with Crippen LogP contribution in [0.4, 0.5) is 0 Å². The first-order chi connectivity index (χ1) is 11.8. The smallest absolute Gasteiger partial charge is 0.167 e. The van der Waals surface area contributed by atoms with Gasteiger partial charge in [0.1, 0.15) is 5.75 Å². The quantitative estimate of drug-likeness (QED) is 0.776. The Morgan fingerprint density at radius 3 is 2.46 bits per heavy atom. The molecule has 2 N–H and O–H groups in total. The summed E-state index contributed by atoms with van der Waals surface area (Å²) < 4.78 is 6.04. The van der Waals surface area contributed by atoms with Crippen molar-refractivity contribution in [1.29, 1.82) is 0 Å². The van der Waals surface area contributed by atoms with Crippen LogP contribution in [-0.4, -0.2) is 34.4 Å². The van der Waals surface area contributed by atoms with Crippen LogP contribution in [0.1, 0.15) is 30.9 Å². The molecule has 0 unspecified atom stereocenters. The highest BCUT2D eigenvalue weighted by atomic mass is 32.2. The zero-order chi connectivity index (χ0) is 16.5. The highest BCUT2D eigenvalue weighted by Gasteiger charge is 2.45. The molecule has 3 aliphatic rings. The number of rotatable bonds is 3. The van der Waals surface area contributed by atoms with E-state index in [2.05, 4.69) is 58.4 Å². The number of fused-ring (bicyclic) bond motifs is 1. The molecule has 4 atom stereocenters. The second kappa shape index (κ2) is 7.34. The maximum absolute atomic E-state index is 5.57. The topological polar surface area (TPSA) is 33.3 Å². The number of thiocarbonyl (C=S) groups is 1. The lowest BCUT2D eigenvalue weighted by Gasteiger charge is -2.48. The van der Waals surface area contributed by atoms with Crippen LogP contribution in [-0.2, 0) is 0 Å². The Kier molecular flexibility index (Phi) is 5.16. The number of nitrogens with one attached hydrogen (secondary N) is 2.